The van der Waals surface area contributed by atoms with Crippen LogP contribution in [0.3, 0.4) is 0 Å². The van der Waals surface area contributed by atoms with Gasteiger partial charge < -0.3 is 29.6 Å². The van der Waals surface area contributed by atoms with E-state index >= 15 is 0 Å². The second-order valence-electron chi connectivity index (χ2n) is 11.6. The van der Waals surface area contributed by atoms with Crippen LogP contribution in [0.1, 0.15) is 57.5 Å². The minimum absolute atomic E-state index is 0.0247. The molecule has 19 nitrogen and oxygen atoms in total. The summed E-state index contributed by atoms with van der Waals surface area (Å²) in [5, 5.41) is 19.5. The highest BCUT2D eigenvalue weighted by Gasteiger charge is 2.33. The Kier molecular flexibility index (Phi) is 14.3. The summed E-state index contributed by atoms with van der Waals surface area (Å²) in [7, 11) is 0. The van der Waals surface area contributed by atoms with Crippen molar-refractivity contribution in [1.82, 2.24) is 15.7 Å². The van der Waals surface area contributed by atoms with Crippen LogP contribution in [0.5, 0.6) is 5.75 Å². The number of azide groups is 1. The van der Waals surface area contributed by atoms with Gasteiger partial charge in [-0.25, -0.2) is 19.2 Å². The van der Waals surface area contributed by atoms with Crippen molar-refractivity contribution < 1.29 is 52.7 Å². The van der Waals surface area contributed by atoms with Crippen molar-refractivity contribution in [1.29, 1.82) is 0 Å². The summed E-state index contributed by atoms with van der Waals surface area (Å²) in [6.07, 6.45) is -3.57. The normalized spacial score (nSPS) is 10.9. The van der Waals surface area contributed by atoms with Gasteiger partial charge in [0.25, 0.3) is 11.6 Å². The first kappa shape index (κ1) is 39.7. The highest BCUT2D eigenvalue weighted by molar-refractivity contribution is 9.10. The third kappa shape index (κ3) is 13.7. The molecule has 0 radical (unpaired) electrons. The lowest BCUT2D eigenvalue weighted by molar-refractivity contribution is -0.384. The molecular formula is C29H34BrN7O12. The van der Waals surface area contributed by atoms with Crippen molar-refractivity contribution in [3.05, 3.63) is 72.6 Å². The quantitative estimate of drug-likeness (QED) is 0.0293. The minimum atomic E-state index is -1.20. The fourth-order valence-corrected chi connectivity index (χ4v) is 4.07. The third-order valence-electron chi connectivity index (χ3n) is 5.36. The lowest BCUT2D eigenvalue weighted by Gasteiger charge is -2.27. The molecule has 20 heteroatoms. The fourth-order valence-electron chi connectivity index (χ4n) is 3.42. The number of non-ortho nitro benzene ring substituents is 1. The van der Waals surface area contributed by atoms with Gasteiger partial charge in [0.2, 0.25) is 5.91 Å². The SMILES string of the molecule is CC(C)(C)OC(=O)N(OCC(=O)NCCNC(=O)c1c(COC(=O)Oc2ccc([N+](=O)[O-])cc2)ccc(N=[N+]=[N-])c1Br)C(=O)OC(C)(C)C. The van der Waals surface area contributed by atoms with Gasteiger partial charge in [0.15, 0.2) is 6.61 Å². The van der Waals surface area contributed by atoms with E-state index < -0.39 is 59.5 Å². The molecule has 264 valence electrons. The van der Waals surface area contributed by atoms with E-state index in [4.69, 9.17) is 29.3 Å². The molecule has 0 atom stereocenters. The number of imide groups is 1. The van der Waals surface area contributed by atoms with E-state index in [0.29, 0.717) is 0 Å². The minimum Gasteiger partial charge on any atom is -0.442 e. The summed E-state index contributed by atoms with van der Waals surface area (Å²) in [6.45, 7) is 7.89. The molecule has 2 aromatic rings. The molecule has 0 saturated carbocycles. The standard InChI is InChI=1S/C29H34BrN7O12/c1-28(2,3)48-25(40)36(26(41)49-29(4,5)6)46-16-21(38)32-13-14-33-24(39)22-17(7-12-20(23(22)30)34-35-31)15-45-27(42)47-19-10-8-18(9-11-19)37(43)44/h7-12H,13-16H2,1-6H3,(H,32,38)(H,33,39). The monoisotopic (exact) mass is 751 g/mol. The van der Waals surface area contributed by atoms with Crippen molar-refractivity contribution in [3.8, 4) is 5.75 Å². The highest BCUT2D eigenvalue weighted by Crippen LogP contribution is 2.32. The van der Waals surface area contributed by atoms with Crippen LogP contribution in [0, 0.1) is 10.1 Å². The van der Waals surface area contributed by atoms with Crippen LogP contribution in [0.25, 0.3) is 10.4 Å². The predicted octanol–water partition coefficient (Wildman–Crippen LogP) is 5.96. The van der Waals surface area contributed by atoms with Crippen molar-refractivity contribution in [2.24, 2.45) is 5.11 Å². The number of hydrogen-bond donors (Lipinski definition) is 2. The Bertz CT molecular complexity index is 1590. The van der Waals surface area contributed by atoms with Crippen LogP contribution in [0.4, 0.5) is 25.8 Å². The molecule has 49 heavy (non-hydrogen) atoms. The van der Waals surface area contributed by atoms with Crippen molar-refractivity contribution in [2.45, 2.75) is 59.4 Å². The average Bonchev–Trinajstić information content (AvgIpc) is 2.98. The zero-order chi connectivity index (χ0) is 36.9. The molecule has 0 aliphatic rings. The number of nitro groups is 1. The van der Waals surface area contributed by atoms with Crippen LogP contribution in [-0.2, 0) is 30.4 Å². The molecule has 0 unspecified atom stereocenters. The Morgan fingerprint density at radius 2 is 1.51 bits per heavy atom. The molecule has 2 aromatic carbocycles. The zero-order valence-corrected chi connectivity index (χ0v) is 28.9. The number of hydroxylamine groups is 2. The predicted molar refractivity (Wildman–Crippen MR) is 172 cm³/mol. The summed E-state index contributed by atoms with van der Waals surface area (Å²) in [4.78, 5) is 80.8. The maximum Gasteiger partial charge on any atom is 0.514 e. The van der Waals surface area contributed by atoms with E-state index in [1.165, 1.54) is 24.3 Å². The van der Waals surface area contributed by atoms with E-state index in [-0.39, 0.29) is 50.9 Å². The topological polar surface area (TPSA) is 251 Å². The summed E-state index contributed by atoms with van der Waals surface area (Å²) < 4.78 is 20.5. The largest absolute Gasteiger partial charge is 0.514 e. The van der Waals surface area contributed by atoms with Crippen LogP contribution < -0.4 is 15.4 Å². The highest BCUT2D eigenvalue weighted by atomic mass is 79.9. The first-order valence-electron chi connectivity index (χ1n) is 14.2. The van der Waals surface area contributed by atoms with Gasteiger partial charge in [0.05, 0.1) is 16.2 Å². The first-order valence-corrected chi connectivity index (χ1v) is 15.0. The number of carbonyl (C=O) groups is 5. The average molecular weight is 753 g/mol. The summed E-state index contributed by atoms with van der Waals surface area (Å²) in [6, 6.07) is 7.42. The van der Waals surface area contributed by atoms with E-state index in [0.717, 1.165) is 12.1 Å². The molecule has 0 fully saturated rings. The molecule has 2 N–H and O–H groups in total. The Morgan fingerprint density at radius 1 is 0.939 bits per heavy atom. The van der Waals surface area contributed by atoms with Crippen LogP contribution in [-0.4, -0.2) is 71.0 Å². The van der Waals surface area contributed by atoms with Crippen LogP contribution >= 0.6 is 15.9 Å². The fraction of sp³-hybridized carbons (Fsp3) is 0.414. The van der Waals surface area contributed by atoms with Crippen molar-refractivity contribution >= 4 is 57.5 Å². The van der Waals surface area contributed by atoms with Crippen molar-refractivity contribution in [2.75, 3.05) is 19.7 Å². The third-order valence-corrected chi connectivity index (χ3v) is 6.16. The van der Waals surface area contributed by atoms with Gasteiger partial charge >= 0.3 is 18.3 Å². The second kappa shape index (κ2) is 17.6. The van der Waals surface area contributed by atoms with E-state index in [1.807, 2.05) is 0 Å². The van der Waals surface area contributed by atoms with Gasteiger partial charge in [0.1, 0.15) is 23.6 Å². The van der Waals surface area contributed by atoms with Gasteiger partial charge in [-0.2, -0.15) is 0 Å². The number of nitrogens with one attached hydrogen (secondary N) is 2. The Balaban J connectivity index is 2.01. The first-order chi connectivity index (χ1) is 22.8. The maximum absolute atomic E-state index is 13.2. The lowest BCUT2D eigenvalue weighted by atomic mass is 10.1. The number of rotatable bonds is 12. The Labute approximate surface area is 288 Å². The number of carbonyl (C=O) groups excluding carboxylic acids is 5. The molecule has 4 amide bonds. The molecule has 0 spiro atoms. The van der Waals surface area contributed by atoms with Gasteiger partial charge in [-0.05, 0) is 75.1 Å². The molecule has 0 heterocycles. The number of benzene rings is 2. The molecule has 0 aliphatic heterocycles. The molecule has 0 aliphatic carbocycles. The number of hydrogen-bond acceptors (Lipinski definition) is 13. The molecule has 0 aromatic heterocycles. The van der Waals surface area contributed by atoms with Crippen LogP contribution in [0.2, 0.25) is 0 Å². The summed E-state index contributed by atoms with van der Waals surface area (Å²) >= 11 is 3.22. The second-order valence-corrected chi connectivity index (χ2v) is 12.4. The van der Waals surface area contributed by atoms with E-state index in [1.54, 1.807) is 41.5 Å². The number of nitrogens with zero attached hydrogens (tertiary/aromatic N) is 5. The number of ether oxygens (including phenoxy) is 4. The Hall–Kier alpha value is -5.46. The smallest absolute Gasteiger partial charge is 0.442 e. The van der Waals surface area contributed by atoms with Gasteiger partial charge in [-0.1, -0.05) is 22.3 Å². The molecular weight excluding hydrogens is 718 g/mol. The molecule has 2 rings (SSSR count). The number of nitro benzene ring substituents is 1. The summed E-state index contributed by atoms with van der Waals surface area (Å²) in [5.74, 6) is -1.50. The zero-order valence-electron chi connectivity index (χ0n) is 27.3. The van der Waals surface area contributed by atoms with Crippen molar-refractivity contribution in [3.63, 3.8) is 0 Å². The van der Waals surface area contributed by atoms with Crippen LogP contribution in [0.15, 0.2) is 46.0 Å². The Morgan fingerprint density at radius 3 is 2.04 bits per heavy atom. The van der Waals surface area contributed by atoms with Gasteiger partial charge in [-0.15, -0.1) is 0 Å². The van der Waals surface area contributed by atoms with E-state index in [2.05, 4.69) is 36.6 Å². The van der Waals surface area contributed by atoms with E-state index in [9.17, 15) is 34.1 Å². The van der Waals surface area contributed by atoms with Gasteiger partial charge in [0, 0.05) is 40.2 Å². The molecule has 0 bridgehead atoms. The van der Waals surface area contributed by atoms with Gasteiger partial charge in [-0.3, -0.25) is 19.7 Å². The lowest BCUT2D eigenvalue weighted by Crippen LogP contribution is -2.45. The number of halogens is 1. The summed E-state index contributed by atoms with van der Waals surface area (Å²) in [5.41, 5.74) is 6.86. The molecule has 0 saturated heterocycles. The maximum atomic E-state index is 13.2. The number of amides is 4.